The van der Waals surface area contributed by atoms with Crippen LogP contribution >= 0.6 is 0 Å². The molecule has 0 radical (unpaired) electrons. The first-order valence-electron chi connectivity index (χ1n) is 6.88. The molecule has 18 heavy (non-hydrogen) atoms. The van der Waals surface area contributed by atoms with E-state index in [-0.39, 0.29) is 0 Å². The molecule has 2 rings (SSSR count). The fourth-order valence-corrected chi connectivity index (χ4v) is 2.28. The van der Waals surface area contributed by atoms with Gasteiger partial charge in [0.15, 0.2) is 0 Å². The van der Waals surface area contributed by atoms with Gasteiger partial charge in [0.05, 0.1) is 6.54 Å². The molecule has 1 aromatic heterocycles. The summed E-state index contributed by atoms with van der Waals surface area (Å²) in [5, 5.41) is 0. The smallest absolute Gasteiger partial charge is 0.133 e. The van der Waals surface area contributed by atoms with Crippen LogP contribution < -0.4 is 0 Å². The van der Waals surface area contributed by atoms with Gasteiger partial charge in [0.1, 0.15) is 6.29 Å². The van der Waals surface area contributed by atoms with Gasteiger partial charge in [-0.15, -0.1) is 0 Å². The number of aromatic nitrogens is 1. The molecule has 1 aliphatic heterocycles. The van der Waals surface area contributed by atoms with Crippen LogP contribution in [0.4, 0.5) is 0 Å². The lowest BCUT2D eigenvalue weighted by atomic mass is 9.90. The molecule has 3 nitrogen and oxygen atoms in total. The first-order chi connectivity index (χ1) is 8.79. The number of rotatable bonds is 3. The molecule has 0 saturated carbocycles. The van der Waals surface area contributed by atoms with Gasteiger partial charge < -0.3 is 4.79 Å². The highest BCUT2D eigenvalue weighted by Crippen LogP contribution is 2.27. The van der Waals surface area contributed by atoms with E-state index in [0.29, 0.717) is 12.5 Å². The molecular formula is C15H24N2O. The summed E-state index contributed by atoms with van der Waals surface area (Å²) in [6.07, 6.45) is 5.26. The first kappa shape index (κ1) is 14.8. The number of pyridine rings is 1. The molecule has 1 saturated heterocycles. The van der Waals surface area contributed by atoms with Gasteiger partial charge in [-0.2, -0.15) is 0 Å². The number of hydrogen-bond donors (Lipinski definition) is 0. The highest BCUT2D eigenvalue weighted by Gasteiger charge is 2.20. The quantitative estimate of drug-likeness (QED) is 0.771. The summed E-state index contributed by atoms with van der Waals surface area (Å²) in [6, 6.07) is 4.26. The van der Waals surface area contributed by atoms with Crippen molar-refractivity contribution in [1.82, 2.24) is 9.88 Å². The fourth-order valence-electron chi connectivity index (χ4n) is 2.28. The Morgan fingerprint density at radius 1 is 1.33 bits per heavy atom. The molecule has 1 aromatic rings. The van der Waals surface area contributed by atoms with Crippen LogP contribution in [-0.2, 0) is 4.79 Å². The Morgan fingerprint density at radius 2 is 2.00 bits per heavy atom. The van der Waals surface area contributed by atoms with Crippen molar-refractivity contribution in [3.05, 3.63) is 29.6 Å². The second-order valence-electron chi connectivity index (χ2n) is 4.47. The third-order valence-electron chi connectivity index (χ3n) is 3.33. The lowest BCUT2D eigenvalue weighted by Gasteiger charge is -2.30. The van der Waals surface area contributed by atoms with E-state index in [1.54, 1.807) is 0 Å². The van der Waals surface area contributed by atoms with Crippen molar-refractivity contribution >= 4 is 6.29 Å². The largest absolute Gasteiger partial charge is 0.302 e. The maximum Gasteiger partial charge on any atom is 0.133 e. The molecule has 1 fully saturated rings. The molecule has 100 valence electrons. The Morgan fingerprint density at radius 3 is 2.50 bits per heavy atom. The second-order valence-corrected chi connectivity index (χ2v) is 4.47. The maximum absolute atomic E-state index is 10.4. The summed E-state index contributed by atoms with van der Waals surface area (Å²) in [6.45, 7) is 8.64. The predicted octanol–water partition coefficient (Wildman–Crippen LogP) is 2.79. The molecule has 0 aliphatic carbocycles. The maximum atomic E-state index is 10.4. The summed E-state index contributed by atoms with van der Waals surface area (Å²) in [7, 11) is 0. The molecule has 0 bridgehead atoms. The number of carbonyl (C=O) groups excluding carboxylic acids is 1. The van der Waals surface area contributed by atoms with Gasteiger partial charge in [-0.05, 0) is 50.4 Å². The van der Waals surface area contributed by atoms with Crippen molar-refractivity contribution in [2.45, 2.75) is 39.5 Å². The Hall–Kier alpha value is -1.22. The minimum atomic E-state index is 0.582. The third kappa shape index (κ3) is 4.22. The van der Waals surface area contributed by atoms with E-state index in [4.69, 9.17) is 0 Å². The topological polar surface area (TPSA) is 33.2 Å². The van der Waals surface area contributed by atoms with E-state index < -0.39 is 0 Å². The Bertz CT molecular complexity index is 340. The molecule has 0 aromatic carbocycles. The van der Waals surface area contributed by atoms with E-state index in [9.17, 15) is 4.79 Å². The minimum Gasteiger partial charge on any atom is -0.302 e. The highest BCUT2D eigenvalue weighted by atomic mass is 16.1. The number of hydrogen-bond acceptors (Lipinski definition) is 3. The van der Waals surface area contributed by atoms with E-state index in [0.717, 1.165) is 37.9 Å². The Balaban J connectivity index is 0.000000771. The van der Waals surface area contributed by atoms with Gasteiger partial charge >= 0.3 is 0 Å². The van der Waals surface area contributed by atoms with Gasteiger partial charge in [0.25, 0.3) is 0 Å². The number of nitrogens with zero attached hydrogens (tertiary/aromatic N) is 2. The molecule has 0 N–H and O–H groups in total. The predicted molar refractivity (Wildman–Crippen MR) is 74.8 cm³/mol. The summed E-state index contributed by atoms with van der Waals surface area (Å²) in [4.78, 5) is 17.0. The summed E-state index contributed by atoms with van der Waals surface area (Å²) in [5.41, 5.74) is 2.42. The third-order valence-corrected chi connectivity index (χ3v) is 3.33. The molecule has 1 aliphatic rings. The van der Waals surface area contributed by atoms with E-state index in [2.05, 4.69) is 22.0 Å². The van der Waals surface area contributed by atoms with Crippen LogP contribution in [0.3, 0.4) is 0 Å². The number of likely N-dealkylation sites (tertiary alicyclic amines) is 1. The van der Waals surface area contributed by atoms with Crippen molar-refractivity contribution in [3.63, 3.8) is 0 Å². The molecule has 2 heterocycles. The van der Waals surface area contributed by atoms with Gasteiger partial charge in [-0.1, -0.05) is 19.9 Å². The number of aldehydes is 1. The van der Waals surface area contributed by atoms with Crippen molar-refractivity contribution in [2.24, 2.45) is 0 Å². The molecule has 0 spiro atoms. The Labute approximate surface area is 110 Å². The van der Waals surface area contributed by atoms with Crippen LogP contribution in [0.25, 0.3) is 0 Å². The summed E-state index contributed by atoms with van der Waals surface area (Å²) < 4.78 is 0. The van der Waals surface area contributed by atoms with Crippen LogP contribution in [0.5, 0.6) is 0 Å². The normalized spacial score (nSPS) is 16.8. The number of carbonyl (C=O) groups is 1. The van der Waals surface area contributed by atoms with Crippen molar-refractivity contribution in [1.29, 1.82) is 0 Å². The van der Waals surface area contributed by atoms with Gasteiger partial charge in [-0.25, -0.2) is 0 Å². The monoisotopic (exact) mass is 248 g/mol. The van der Waals surface area contributed by atoms with Crippen molar-refractivity contribution < 1.29 is 4.79 Å². The molecule has 3 heteroatoms. The molecule has 0 unspecified atom stereocenters. The van der Waals surface area contributed by atoms with E-state index in [1.165, 1.54) is 5.56 Å². The van der Waals surface area contributed by atoms with Crippen LogP contribution in [0.1, 0.15) is 43.9 Å². The SMILES string of the molecule is CC.Cc1ccc(C2CCN(CC=O)CC2)cn1. The minimum absolute atomic E-state index is 0.582. The summed E-state index contributed by atoms with van der Waals surface area (Å²) in [5.74, 6) is 0.621. The van der Waals surface area contributed by atoms with Crippen LogP contribution in [0.15, 0.2) is 18.3 Å². The van der Waals surface area contributed by atoms with Gasteiger partial charge in [-0.3, -0.25) is 9.88 Å². The summed E-state index contributed by atoms with van der Waals surface area (Å²) >= 11 is 0. The van der Waals surface area contributed by atoms with Gasteiger partial charge in [0, 0.05) is 11.9 Å². The van der Waals surface area contributed by atoms with Crippen LogP contribution in [0.2, 0.25) is 0 Å². The Kier molecular flexibility index (Phi) is 6.58. The number of piperidine rings is 1. The second kappa shape index (κ2) is 7.98. The zero-order valence-electron chi connectivity index (χ0n) is 11.7. The zero-order valence-corrected chi connectivity index (χ0v) is 11.7. The molecule has 0 amide bonds. The standard InChI is InChI=1S/C13H18N2O.C2H6/c1-11-2-3-13(10-14-11)12-4-6-15(7-5-12)8-9-16;1-2/h2-3,9-10,12H,4-8H2,1H3;1-2H3. The molecule has 0 atom stereocenters. The first-order valence-corrected chi connectivity index (χ1v) is 6.88. The lowest BCUT2D eigenvalue weighted by molar-refractivity contribution is -0.109. The lowest BCUT2D eigenvalue weighted by Crippen LogP contribution is -2.34. The highest BCUT2D eigenvalue weighted by molar-refractivity contribution is 5.52. The average Bonchev–Trinajstić information content (AvgIpc) is 2.43. The van der Waals surface area contributed by atoms with E-state index >= 15 is 0 Å². The fraction of sp³-hybridized carbons (Fsp3) is 0.600. The van der Waals surface area contributed by atoms with E-state index in [1.807, 2.05) is 27.0 Å². The number of aryl methyl sites for hydroxylation is 1. The zero-order chi connectivity index (χ0) is 13.4. The van der Waals surface area contributed by atoms with Crippen LogP contribution in [-0.4, -0.2) is 35.8 Å². The van der Waals surface area contributed by atoms with Gasteiger partial charge in [0.2, 0.25) is 0 Å². The average molecular weight is 248 g/mol. The van der Waals surface area contributed by atoms with Crippen molar-refractivity contribution in [3.8, 4) is 0 Å². The van der Waals surface area contributed by atoms with Crippen molar-refractivity contribution in [2.75, 3.05) is 19.6 Å². The van der Waals surface area contributed by atoms with Crippen LogP contribution in [0, 0.1) is 6.92 Å². The molecular weight excluding hydrogens is 224 g/mol.